The van der Waals surface area contributed by atoms with Gasteiger partial charge in [0.25, 0.3) is 0 Å². The van der Waals surface area contributed by atoms with Gasteiger partial charge in [0.05, 0.1) is 5.92 Å². The zero-order valence-electron chi connectivity index (χ0n) is 15.3. The van der Waals surface area contributed by atoms with Crippen LogP contribution in [0.4, 0.5) is 0 Å². The standard InChI is InChI=1S/C21H29NO3/c1-20(2,10-6-9-16-7-4-3-5-8-16)19(25)22-13-11-21(12-14-22)15-17(21)18(23)24/h3-5,7-8,17H,6,9-15H2,1-2H3,(H,23,24). The molecule has 1 aliphatic carbocycles. The minimum atomic E-state index is -0.666. The molecule has 0 radical (unpaired) electrons. The Morgan fingerprint density at radius 1 is 1.20 bits per heavy atom. The number of benzene rings is 1. The number of carboxylic acids is 1. The molecule has 2 aliphatic rings. The van der Waals surface area contributed by atoms with Crippen molar-refractivity contribution in [2.75, 3.05) is 13.1 Å². The van der Waals surface area contributed by atoms with Crippen LogP contribution in [-0.2, 0) is 16.0 Å². The predicted molar refractivity (Wildman–Crippen MR) is 97.2 cm³/mol. The van der Waals surface area contributed by atoms with Gasteiger partial charge in [-0.25, -0.2) is 0 Å². The maximum atomic E-state index is 12.9. The Balaban J connectivity index is 1.48. The fraction of sp³-hybridized carbons (Fsp3) is 0.619. The third-order valence-electron chi connectivity index (χ3n) is 6.22. The van der Waals surface area contributed by atoms with E-state index < -0.39 is 5.97 Å². The molecular weight excluding hydrogens is 314 g/mol. The third-order valence-corrected chi connectivity index (χ3v) is 6.22. The molecule has 1 spiro atoms. The first-order valence-electron chi connectivity index (χ1n) is 9.40. The molecule has 1 heterocycles. The first-order valence-corrected chi connectivity index (χ1v) is 9.40. The number of rotatable bonds is 6. The highest BCUT2D eigenvalue weighted by Crippen LogP contribution is 2.59. The van der Waals surface area contributed by atoms with Crippen molar-refractivity contribution in [3.8, 4) is 0 Å². The number of aliphatic carboxylic acids is 1. The maximum absolute atomic E-state index is 12.9. The molecular formula is C21H29NO3. The van der Waals surface area contributed by atoms with Crippen molar-refractivity contribution in [2.45, 2.75) is 52.4 Å². The monoisotopic (exact) mass is 343 g/mol. The highest BCUT2D eigenvalue weighted by Gasteiger charge is 2.59. The summed E-state index contributed by atoms with van der Waals surface area (Å²) in [5, 5.41) is 9.19. The average Bonchev–Trinajstić information content (AvgIpc) is 3.30. The number of carbonyl (C=O) groups excluding carboxylic acids is 1. The minimum Gasteiger partial charge on any atom is -0.481 e. The number of piperidine rings is 1. The van der Waals surface area contributed by atoms with Crippen molar-refractivity contribution in [2.24, 2.45) is 16.7 Å². The zero-order chi connectivity index (χ0) is 18.1. The van der Waals surface area contributed by atoms with Gasteiger partial charge >= 0.3 is 5.97 Å². The molecule has 1 unspecified atom stereocenters. The van der Waals surface area contributed by atoms with Gasteiger partial charge < -0.3 is 10.0 Å². The van der Waals surface area contributed by atoms with Crippen LogP contribution >= 0.6 is 0 Å². The molecule has 1 aliphatic heterocycles. The number of nitrogens with zero attached hydrogens (tertiary/aromatic N) is 1. The van der Waals surface area contributed by atoms with Crippen LogP contribution in [0.2, 0.25) is 0 Å². The summed E-state index contributed by atoms with van der Waals surface area (Å²) in [5.41, 5.74) is 0.953. The normalized spacial score (nSPS) is 22.0. The molecule has 1 aromatic rings. The van der Waals surface area contributed by atoms with E-state index in [1.165, 1.54) is 5.56 Å². The molecule has 1 amide bonds. The summed E-state index contributed by atoms with van der Waals surface area (Å²) in [6, 6.07) is 10.4. The third kappa shape index (κ3) is 3.88. The summed E-state index contributed by atoms with van der Waals surface area (Å²) in [6.45, 7) is 5.51. The van der Waals surface area contributed by atoms with Gasteiger partial charge in [0, 0.05) is 18.5 Å². The molecule has 1 N–H and O–H groups in total. The molecule has 3 rings (SSSR count). The fourth-order valence-corrected chi connectivity index (χ4v) is 4.32. The summed E-state index contributed by atoms with van der Waals surface area (Å²) >= 11 is 0. The lowest BCUT2D eigenvalue weighted by atomic mass is 9.83. The molecule has 2 fully saturated rings. The number of carbonyl (C=O) groups is 2. The first-order chi connectivity index (χ1) is 11.8. The number of carboxylic acid groups (broad SMARTS) is 1. The zero-order valence-corrected chi connectivity index (χ0v) is 15.3. The number of hydrogen-bond donors (Lipinski definition) is 1. The van der Waals surface area contributed by atoms with Crippen LogP contribution in [0.5, 0.6) is 0 Å². The molecule has 0 aromatic heterocycles. The van der Waals surface area contributed by atoms with Crippen LogP contribution < -0.4 is 0 Å². The van der Waals surface area contributed by atoms with E-state index in [1.807, 2.05) is 24.8 Å². The summed E-state index contributed by atoms with van der Waals surface area (Å²) < 4.78 is 0. The molecule has 1 aromatic carbocycles. The van der Waals surface area contributed by atoms with Crippen molar-refractivity contribution >= 4 is 11.9 Å². The van der Waals surface area contributed by atoms with Gasteiger partial charge in [-0.15, -0.1) is 0 Å². The fourth-order valence-electron chi connectivity index (χ4n) is 4.32. The van der Waals surface area contributed by atoms with E-state index in [2.05, 4.69) is 24.3 Å². The van der Waals surface area contributed by atoms with Crippen molar-refractivity contribution in [1.29, 1.82) is 0 Å². The highest BCUT2D eigenvalue weighted by molar-refractivity contribution is 5.82. The van der Waals surface area contributed by atoms with Crippen LogP contribution in [0.3, 0.4) is 0 Å². The van der Waals surface area contributed by atoms with E-state index in [4.69, 9.17) is 0 Å². The van der Waals surface area contributed by atoms with Crippen LogP contribution in [0.1, 0.15) is 51.5 Å². The Morgan fingerprint density at radius 2 is 1.84 bits per heavy atom. The smallest absolute Gasteiger partial charge is 0.307 e. The van der Waals surface area contributed by atoms with Crippen molar-refractivity contribution in [1.82, 2.24) is 4.90 Å². The van der Waals surface area contributed by atoms with Crippen molar-refractivity contribution in [3.05, 3.63) is 35.9 Å². The Hall–Kier alpha value is -1.84. The van der Waals surface area contributed by atoms with E-state index in [0.29, 0.717) is 13.1 Å². The number of likely N-dealkylation sites (tertiary alicyclic amines) is 1. The van der Waals surface area contributed by atoms with Gasteiger partial charge in [0.15, 0.2) is 0 Å². The summed E-state index contributed by atoms with van der Waals surface area (Å²) in [6.07, 6.45) is 5.36. The minimum absolute atomic E-state index is 0.0138. The number of amides is 1. The first kappa shape index (κ1) is 18.0. The highest BCUT2D eigenvalue weighted by atomic mass is 16.4. The summed E-state index contributed by atoms with van der Waals surface area (Å²) in [5.74, 6) is -0.618. The topological polar surface area (TPSA) is 57.6 Å². The van der Waals surface area contributed by atoms with Crippen molar-refractivity contribution in [3.63, 3.8) is 0 Å². The molecule has 1 saturated carbocycles. The molecule has 25 heavy (non-hydrogen) atoms. The van der Waals surface area contributed by atoms with E-state index in [-0.39, 0.29) is 22.7 Å². The van der Waals surface area contributed by atoms with Crippen LogP contribution in [0.25, 0.3) is 0 Å². The Morgan fingerprint density at radius 3 is 2.40 bits per heavy atom. The molecule has 136 valence electrons. The second-order valence-corrected chi connectivity index (χ2v) is 8.47. The molecule has 1 atom stereocenters. The van der Waals surface area contributed by atoms with E-state index >= 15 is 0 Å². The van der Waals surface area contributed by atoms with Crippen molar-refractivity contribution < 1.29 is 14.7 Å². The molecule has 1 saturated heterocycles. The van der Waals surface area contributed by atoms with E-state index in [0.717, 1.165) is 38.5 Å². The predicted octanol–water partition coefficient (Wildman–Crippen LogP) is 3.75. The maximum Gasteiger partial charge on any atom is 0.307 e. The largest absolute Gasteiger partial charge is 0.481 e. The van der Waals surface area contributed by atoms with Crippen LogP contribution in [-0.4, -0.2) is 35.0 Å². The lowest BCUT2D eigenvalue weighted by molar-refractivity contribution is -0.143. The van der Waals surface area contributed by atoms with E-state index in [1.54, 1.807) is 0 Å². The van der Waals surface area contributed by atoms with Gasteiger partial charge in [-0.05, 0) is 49.5 Å². The quantitative estimate of drug-likeness (QED) is 0.856. The summed E-state index contributed by atoms with van der Waals surface area (Å²) in [4.78, 5) is 26.0. The molecule has 4 heteroatoms. The lowest BCUT2D eigenvalue weighted by Gasteiger charge is -2.37. The average molecular weight is 343 g/mol. The van der Waals surface area contributed by atoms with Gasteiger partial charge in [0.2, 0.25) is 5.91 Å². The Bertz CT molecular complexity index is 630. The second kappa shape index (κ2) is 6.81. The van der Waals surface area contributed by atoms with E-state index in [9.17, 15) is 14.7 Å². The SMILES string of the molecule is CC(C)(CCCc1ccccc1)C(=O)N1CCC2(CC1)CC2C(=O)O. The van der Waals surface area contributed by atoms with Gasteiger partial charge in [-0.1, -0.05) is 44.2 Å². The van der Waals surface area contributed by atoms with Gasteiger partial charge in [-0.2, -0.15) is 0 Å². The number of aryl methyl sites for hydroxylation is 1. The molecule has 0 bridgehead atoms. The summed E-state index contributed by atoms with van der Waals surface area (Å²) in [7, 11) is 0. The Kier molecular flexibility index (Phi) is 4.90. The number of hydrogen-bond acceptors (Lipinski definition) is 2. The lowest BCUT2D eigenvalue weighted by Crippen LogP contribution is -2.46. The second-order valence-electron chi connectivity index (χ2n) is 8.47. The van der Waals surface area contributed by atoms with Crippen LogP contribution in [0, 0.1) is 16.7 Å². The van der Waals surface area contributed by atoms with Gasteiger partial charge in [0.1, 0.15) is 0 Å². The molecule has 4 nitrogen and oxygen atoms in total. The van der Waals surface area contributed by atoms with Crippen LogP contribution in [0.15, 0.2) is 30.3 Å². The van der Waals surface area contributed by atoms with Gasteiger partial charge in [-0.3, -0.25) is 9.59 Å². The Labute approximate surface area is 150 Å².